The number of amides is 1. The maximum atomic E-state index is 13.5. The minimum absolute atomic E-state index is 0.193. The first kappa shape index (κ1) is 101. The molecule has 0 saturated carbocycles. The van der Waals surface area contributed by atoms with E-state index in [1.807, 2.05) is 0 Å². The van der Waals surface area contributed by atoms with Crippen LogP contribution in [0.2, 0.25) is 0 Å². The highest BCUT2D eigenvalue weighted by Gasteiger charge is 2.51. The lowest BCUT2D eigenvalue weighted by Crippen LogP contribution is -2.65. The summed E-state index contributed by atoms with van der Waals surface area (Å²) in [7, 11) is 0. The van der Waals surface area contributed by atoms with Gasteiger partial charge in [-0.2, -0.15) is 0 Å². The molecule has 2 fully saturated rings. The van der Waals surface area contributed by atoms with Crippen LogP contribution in [-0.2, 0) is 23.7 Å². The molecule has 0 aliphatic carbocycles. The lowest BCUT2D eigenvalue weighted by atomic mass is 9.97. The van der Waals surface area contributed by atoms with Gasteiger partial charge >= 0.3 is 0 Å². The summed E-state index contributed by atoms with van der Waals surface area (Å²) < 4.78 is 23.1. The molecule has 9 N–H and O–H groups in total. The van der Waals surface area contributed by atoms with Crippen molar-refractivity contribution in [3.8, 4) is 0 Å². The van der Waals surface area contributed by atoms with Crippen LogP contribution in [0.25, 0.3) is 0 Å². The number of aliphatic hydroxyl groups is 8. The number of carbonyl (C=O) groups excluding carboxylic acids is 1. The van der Waals surface area contributed by atoms with Crippen LogP contribution >= 0.6 is 0 Å². The zero-order valence-corrected chi connectivity index (χ0v) is 70.0. The highest BCUT2D eigenvalue weighted by molar-refractivity contribution is 5.76. The predicted octanol–water partition coefficient (Wildman–Crippen LogP) is 23.4. The molecule has 2 aliphatic rings. The van der Waals surface area contributed by atoms with Crippen LogP contribution in [0.15, 0.2) is 0 Å². The second-order valence-corrected chi connectivity index (χ2v) is 33.9. The van der Waals surface area contributed by atoms with Crippen molar-refractivity contribution in [2.45, 2.75) is 563 Å². The molecule has 2 saturated heterocycles. The van der Waals surface area contributed by atoms with Crippen LogP contribution in [0.1, 0.15) is 489 Å². The molecule has 0 radical (unpaired) electrons. The molecule has 2 aliphatic heterocycles. The van der Waals surface area contributed by atoms with E-state index in [1.54, 1.807) is 0 Å². The number of aliphatic hydroxyl groups excluding tert-OH is 8. The van der Waals surface area contributed by atoms with Crippen molar-refractivity contribution >= 4 is 5.91 Å². The minimum Gasteiger partial charge on any atom is -0.394 e. The van der Waals surface area contributed by atoms with Crippen molar-refractivity contribution in [1.29, 1.82) is 0 Å². The van der Waals surface area contributed by atoms with Crippen molar-refractivity contribution in [1.82, 2.24) is 5.32 Å². The van der Waals surface area contributed by atoms with Gasteiger partial charge in [0.05, 0.1) is 32.0 Å². The molecular weight excluding hydrogens is 1330 g/mol. The molecule has 2 rings (SSSR count). The number of hydrogen-bond acceptors (Lipinski definition) is 13. The number of hydrogen-bond donors (Lipinski definition) is 9. The molecule has 0 aromatic heterocycles. The summed E-state index contributed by atoms with van der Waals surface area (Å²) in [4.78, 5) is 13.5. The summed E-state index contributed by atoms with van der Waals surface area (Å²) >= 11 is 0. The number of carbonyl (C=O) groups is 1. The zero-order valence-electron chi connectivity index (χ0n) is 70.0. The van der Waals surface area contributed by atoms with Crippen LogP contribution in [0, 0.1) is 0 Å². The Morgan fingerprint density at radius 3 is 0.802 bits per heavy atom. The Morgan fingerprint density at radius 1 is 0.302 bits per heavy atom. The number of rotatable bonds is 83. The molecule has 12 atom stereocenters. The highest BCUT2D eigenvalue weighted by atomic mass is 16.7. The molecule has 632 valence electrons. The summed E-state index contributed by atoms with van der Waals surface area (Å²) in [5, 5.41) is 88.1. The average molecular weight is 1510 g/mol. The summed E-state index contributed by atoms with van der Waals surface area (Å²) in [6.45, 7) is 2.96. The van der Waals surface area contributed by atoms with Crippen LogP contribution in [0.4, 0.5) is 0 Å². The van der Waals surface area contributed by atoms with Crippen molar-refractivity contribution in [3.63, 3.8) is 0 Å². The van der Waals surface area contributed by atoms with Gasteiger partial charge in [-0.25, -0.2) is 0 Å². The fourth-order valence-corrected chi connectivity index (χ4v) is 16.4. The summed E-state index contributed by atoms with van der Waals surface area (Å²) in [6, 6.07) is -0.827. The minimum atomic E-state index is -1.78. The molecule has 2 heterocycles. The van der Waals surface area contributed by atoms with Crippen molar-refractivity contribution in [2.75, 3.05) is 19.8 Å². The zero-order chi connectivity index (χ0) is 76.5. The van der Waals surface area contributed by atoms with E-state index in [-0.39, 0.29) is 12.5 Å². The third kappa shape index (κ3) is 57.9. The predicted molar refractivity (Wildman–Crippen MR) is 443 cm³/mol. The van der Waals surface area contributed by atoms with E-state index in [4.69, 9.17) is 18.9 Å². The lowest BCUT2D eigenvalue weighted by Gasteiger charge is -2.46. The fourth-order valence-electron chi connectivity index (χ4n) is 16.4. The van der Waals surface area contributed by atoms with E-state index in [2.05, 4.69) is 19.2 Å². The molecule has 0 bridgehead atoms. The van der Waals surface area contributed by atoms with Gasteiger partial charge in [0, 0.05) is 6.42 Å². The van der Waals surface area contributed by atoms with Crippen LogP contribution in [0.5, 0.6) is 0 Å². The van der Waals surface area contributed by atoms with Gasteiger partial charge in [-0.15, -0.1) is 0 Å². The van der Waals surface area contributed by atoms with Crippen LogP contribution < -0.4 is 5.32 Å². The third-order valence-corrected chi connectivity index (χ3v) is 23.8. The Balaban J connectivity index is 1.52. The highest BCUT2D eigenvalue weighted by Crippen LogP contribution is 2.31. The second kappa shape index (κ2) is 76.6. The summed E-state index contributed by atoms with van der Waals surface area (Å²) in [5.74, 6) is -0.193. The van der Waals surface area contributed by atoms with Crippen molar-refractivity contribution < 1.29 is 64.6 Å². The SMILES string of the molecule is CCCCCCCCCCCCCCCCCCCCCCCCCCCCCCCCCCCCCCCCCCCC(=O)NC(COC1OC(CO)C(OC2OC(CO)C(O)C(O)C2O)C(O)C1O)C(O)CCCCCCCCCCCCCCCCCCCCCCCCCCCCCCCCC. The Labute approximate surface area is 654 Å². The molecule has 0 aromatic carbocycles. The maximum Gasteiger partial charge on any atom is 0.220 e. The molecule has 0 aromatic rings. The van der Waals surface area contributed by atoms with Gasteiger partial charge in [0.2, 0.25) is 5.91 Å². The van der Waals surface area contributed by atoms with Gasteiger partial charge in [-0.1, -0.05) is 470 Å². The monoisotopic (exact) mass is 1510 g/mol. The topological polar surface area (TPSA) is 228 Å². The largest absolute Gasteiger partial charge is 0.394 e. The van der Waals surface area contributed by atoms with Crippen LogP contribution in [-0.4, -0.2) is 140 Å². The van der Waals surface area contributed by atoms with Gasteiger partial charge in [-0.05, 0) is 12.8 Å². The quantitative estimate of drug-likeness (QED) is 0.0259. The fraction of sp³-hybridized carbons (Fsp3) is 0.989. The smallest absolute Gasteiger partial charge is 0.220 e. The van der Waals surface area contributed by atoms with E-state index in [1.165, 1.54) is 411 Å². The Morgan fingerprint density at radius 2 is 0.538 bits per heavy atom. The Hall–Kier alpha value is -1.01. The van der Waals surface area contributed by atoms with Gasteiger partial charge in [-0.3, -0.25) is 4.79 Å². The van der Waals surface area contributed by atoms with E-state index >= 15 is 0 Å². The summed E-state index contributed by atoms with van der Waals surface area (Å²) in [5.41, 5.74) is 0. The summed E-state index contributed by atoms with van der Waals surface area (Å²) in [6.07, 6.45) is 82.1. The average Bonchev–Trinajstić information content (AvgIpc) is 0.790. The molecule has 14 nitrogen and oxygen atoms in total. The van der Waals surface area contributed by atoms with Gasteiger partial charge in [0.25, 0.3) is 0 Å². The molecule has 14 heteroatoms. The lowest BCUT2D eigenvalue weighted by molar-refractivity contribution is -0.359. The van der Waals surface area contributed by atoms with Crippen LogP contribution in [0.3, 0.4) is 0 Å². The first-order valence-electron chi connectivity index (χ1n) is 47.3. The molecule has 106 heavy (non-hydrogen) atoms. The van der Waals surface area contributed by atoms with E-state index in [9.17, 15) is 45.6 Å². The van der Waals surface area contributed by atoms with E-state index in [0.717, 1.165) is 51.4 Å². The van der Waals surface area contributed by atoms with E-state index in [0.29, 0.717) is 12.8 Å². The standard InChI is InChI=1S/C92H181NO13/c1-3-5-7-9-11-13-15-17-19-21-23-25-27-29-31-33-35-36-37-38-39-40-41-42-43-44-46-48-50-52-54-56-58-60-62-64-66-68-70-72-74-76-84(97)93-80(79-103-91-89(102)87(100)90(83(78-95)105-91)106-92-88(101)86(99)85(98)82(77-94)104-92)81(96)75-73-71-69-67-65-63-61-59-57-55-53-51-49-47-45-34-32-30-28-26-24-22-20-18-16-14-12-10-8-6-4-2/h80-83,85-92,94-96,98-102H,3-79H2,1-2H3,(H,93,97). The molecule has 1 amide bonds. The van der Waals surface area contributed by atoms with Crippen molar-refractivity contribution in [2.24, 2.45) is 0 Å². The number of ether oxygens (including phenoxy) is 4. The Kier molecular flexibility index (Phi) is 73.0. The molecule has 0 spiro atoms. The van der Waals surface area contributed by atoms with E-state index < -0.39 is 86.8 Å². The Bertz CT molecular complexity index is 1780. The number of nitrogens with one attached hydrogen (secondary N) is 1. The normalized spacial score (nSPS) is 21.2. The van der Waals surface area contributed by atoms with Gasteiger partial charge in [0.15, 0.2) is 12.6 Å². The second-order valence-electron chi connectivity index (χ2n) is 33.9. The first-order chi connectivity index (χ1) is 52.1. The van der Waals surface area contributed by atoms with Gasteiger partial charge in [0.1, 0.15) is 48.8 Å². The maximum absolute atomic E-state index is 13.5. The molecular formula is C92H181NO13. The van der Waals surface area contributed by atoms with Gasteiger partial charge < -0.3 is 65.1 Å². The first-order valence-corrected chi connectivity index (χ1v) is 47.3. The van der Waals surface area contributed by atoms with Crippen molar-refractivity contribution in [3.05, 3.63) is 0 Å². The molecule has 12 unspecified atom stereocenters. The number of unbranched alkanes of at least 4 members (excludes halogenated alkanes) is 70. The third-order valence-electron chi connectivity index (χ3n) is 23.8.